The van der Waals surface area contributed by atoms with E-state index in [2.05, 4.69) is 43.0 Å². The molecule has 0 aromatic heterocycles. The zero-order chi connectivity index (χ0) is 12.7. The van der Waals surface area contributed by atoms with Crippen LogP contribution in [0.25, 0.3) is 0 Å². The highest BCUT2D eigenvalue weighted by molar-refractivity contribution is 5.36. The van der Waals surface area contributed by atoms with Gasteiger partial charge in [0, 0.05) is 18.6 Å². The van der Waals surface area contributed by atoms with E-state index in [0.717, 1.165) is 5.92 Å². The molecule has 3 rings (SSSR count). The minimum absolute atomic E-state index is 0.197. The van der Waals surface area contributed by atoms with Crippen molar-refractivity contribution in [3.05, 3.63) is 35.4 Å². The molecule has 1 aromatic rings. The van der Waals surface area contributed by atoms with Gasteiger partial charge in [0.05, 0.1) is 0 Å². The Kier molecular flexibility index (Phi) is 3.16. The Labute approximate surface area is 110 Å². The quantitative estimate of drug-likeness (QED) is 0.823. The molecule has 2 heteroatoms. The molecule has 0 bridgehead atoms. The van der Waals surface area contributed by atoms with Crippen LogP contribution in [0.5, 0.6) is 0 Å². The molecule has 2 aliphatic rings. The van der Waals surface area contributed by atoms with E-state index in [4.69, 9.17) is 5.73 Å². The molecule has 4 unspecified atom stereocenters. The number of hydrogen-bond donors (Lipinski definition) is 1. The van der Waals surface area contributed by atoms with E-state index in [1.54, 1.807) is 0 Å². The van der Waals surface area contributed by atoms with Gasteiger partial charge in [-0.05, 0) is 42.3 Å². The normalized spacial score (nSPS) is 36.6. The fourth-order valence-corrected chi connectivity index (χ4v) is 3.75. The molecule has 0 spiro atoms. The van der Waals surface area contributed by atoms with Gasteiger partial charge < -0.3 is 5.73 Å². The molecular formula is C16H24N2. The predicted molar refractivity (Wildman–Crippen MR) is 75.5 cm³/mol. The van der Waals surface area contributed by atoms with E-state index in [1.165, 1.54) is 37.1 Å². The summed E-state index contributed by atoms with van der Waals surface area (Å²) in [5, 5.41) is 0. The van der Waals surface area contributed by atoms with Crippen LogP contribution >= 0.6 is 0 Å². The first-order valence-corrected chi connectivity index (χ1v) is 7.25. The first-order chi connectivity index (χ1) is 8.66. The van der Waals surface area contributed by atoms with E-state index in [0.29, 0.717) is 12.0 Å². The topological polar surface area (TPSA) is 29.3 Å². The van der Waals surface area contributed by atoms with Crippen molar-refractivity contribution in [3.8, 4) is 0 Å². The SMILES string of the molecule is CC1CCN(C2CC(C)c3ccccc3C2N)C1. The Morgan fingerprint density at radius 3 is 2.56 bits per heavy atom. The van der Waals surface area contributed by atoms with Gasteiger partial charge >= 0.3 is 0 Å². The van der Waals surface area contributed by atoms with Crippen molar-refractivity contribution >= 4 is 0 Å². The fourth-order valence-electron chi connectivity index (χ4n) is 3.75. The van der Waals surface area contributed by atoms with Crippen molar-refractivity contribution in [1.29, 1.82) is 0 Å². The van der Waals surface area contributed by atoms with Gasteiger partial charge in [-0.1, -0.05) is 38.1 Å². The van der Waals surface area contributed by atoms with Gasteiger partial charge in [-0.15, -0.1) is 0 Å². The molecule has 1 aliphatic carbocycles. The minimum atomic E-state index is 0.197. The van der Waals surface area contributed by atoms with Gasteiger partial charge in [0.1, 0.15) is 0 Å². The molecule has 2 nitrogen and oxygen atoms in total. The van der Waals surface area contributed by atoms with Gasteiger partial charge in [0.15, 0.2) is 0 Å². The van der Waals surface area contributed by atoms with Crippen LogP contribution in [0.1, 0.15) is 49.8 Å². The molecule has 0 amide bonds. The second-order valence-electron chi connectivity index (χ2n) is 6.25. The van der Waals surface area contributed by atoms with Crippen molar-refractivity contribution < 1.29 is 0 Å². The Morgan fingerprint density at radius 2 is 1.89 bits per heavy atom. The van der Waals surface area contributed by atoms with E-state index >= 15 is 0 Å². The Hall–Kier alpha value is -0.860. The first-order valence-electron chi connectivity index (χ1n) is 7.25. The molecular weight excluding hydrogens is 220 g/mol. The van der Waals surface area contributed by atoms with Crippen LogP contribution in [0.3, 0.4) is 0 Å². The molecule has 2 N–H and O–H groups in total. The molecule has 98 valence electrons. The number of fused-ring (bicyclic) bond motifs is 1. The highest BCUT2D eigenvalue weighted by Gasteiger charge is 2.36. The molecule has 1 aromatic carbocycles. The number of rotatable bonds is 1. The lowest BCUT2D eigenvalue weighted by Gasteiger charge is -2.40. The first kappa shape index (κ1) is 12.2. The Morgan fingerprint density at radius 1 is 1.17 bits per heavy atom. The van der Waals surface area contributed by atoms with Crippen LogP contribution in [0.2, 0.25) is 0 Å². The van der Waals surface area contributed by atoms with Gasteiger partial charge in [0.2, 0.25) is 0 Å². The predicted octanol–water partition coefficient (Wildman–Crippen LogP) is 2.90. The number of nitrogens with zero attached hydrogens (tertiary/aromatic N) is 1. The summed E-state index contributed by atoms with van der Waals surface area (Å²) in [6, 6.07) is 9.48. The molecule has 1 fully saturated rings. The van der Waals surface area contributed by atoms with Crippen LogP contribution in [-0.2, 0) is 0 Å². The molecule has 1 saturated heterocycles. The van der Waals surface area contributed by atoms with E-state index in [9.17, 15) is 0 Å². The summed E-state index contributed by atoms with van der Waals surface area (Å²) in [5.74, 6) is 1.48. The van der Waals surface area contributed by atoms with Crippen molar-refractivity contribution in [3.63, 3.8) is 0 Å². The summed E-state index contributed by atoms with van der Waals surface area (Å²) in [4.78, 5) is 2.63. The van der Waals surface area contributed by atoms with Crippen LogP contribution in [0, 0.1) is 5.92 Å². The third kappa shape index (κ3) is 1.98. The average molecular weight is 244 g/mol. The Balaban J connectivity index is 1.87. The van der Waals surface area contributed by atoms with Gasteiger partial charge in [0.25, 0.3) is 0 Å². The van der Waals surface area contributed by atoms with E-state index < -0.39 is 0 Å². The highest BCUT2D eigenvalue weighted by atomic mass is 15.2. The second kappa shape index (κ2) is 4.67. The molecule has 0 radical (unpaired) electrons. The second-order valence-corrected chi connectivity index (χ2v) is 6.25. The summed E-state index contributed by atoms with van der Waals surface area (Å²) in [6.07, 6.45) is 2.55. The summed E-state index contributed by atoms with van der Waals surface area (Å²) in [7, 11) is 0. The van der Waals surface area contributed by atoms with Gasteiger partial charge in [-0.25, -0.2) is 0 Å². The zero-order valence-electron chi connectivity index (χ0n) is 11.5. The van der Waals surface area contributed by atoms with Crippen LogP contribution in [0.4, 0.5) is 0 Å². The number of nitrogens with two attached hydrogens (primary N) is 1. The van der Waals surface area contributed by atoms with Crippen LogP contribution in [0.15, 0.2) is 24.3 Å². The van der Waals surface area contributed by atoms with E-state index in [1.807, 2.05) is 0 Å². The number of benzene rings is 1. The third-order valence-electron chi connectivity index (χ3n) is 4.82. The number of hydrogen-bond acceptors (Lipinski definition) is 2. The maximum Gasteiger partial charge on any atom is 0.0456 e. The van der Waals surface area contributed by atoms with Crippen molar-refractivity contribution in [1.82, 2.24) is 4.90 Å². The zero-order valence-corrected chi connectivity index (χ0v) is 11.5. The summed E-state index contributed by atoms with van der Waals surface area (Å²) in [6.45, 7) is 7.16. The van der Waals surface area contributed by atoms with Gasteiger partial charge in [-0.2, -0.15) is 0 Å². The summed E-state index contributed by atoms with van der Waals surface area (Å²) < 4.78 is 0. The lowest BCUT2D eigenvalue weighted by atomic mass is 9.78. The lowest BCUT2D eigenvalue weighted by molar-refractivity contribution is 0.176. The maximum atomic E-state index is 6.54. The molecule has 4 atom stereocenters. The molecule has 18 heavy (non-hydrogen) atoms. The largest absolute Gasteiger partial charge is 0.323 e. The van der Waals surface area contributed by atoms with Crippen LogP contribution < -0.4 is 5.73 Å². The van der Waals surface area contributed by atoms with Crippen molar-refractivity contribution in [2.45, 2.75) is 44.7 Å². The highest BCUT2D eigenvalue weighted by Crippen LogP contribution is 2.39. The Bertz CT molecular complexity index is 429. The monoisotopic (exact) mass is 244 g/mol. The lowest BCUT2D eigenvalue weighted by Crippen LogP contribution is -2.45. The summed E-state index contributed by atoms with van der Waals surface area (Å²) >= 11 is 0. The van der Waals surface area contributed by atoms with Crippen LogP contribution in [-0.4, -0.2) is 24.0 Å². The van der Waals surface area contributed by atoms with Crippen molar-refractivity contribution in [2.24, 2.45) is 11.7 Å². The maximum absolute atomic E-state index is 6.54. The minimum Gasteiger partial charge on any atom is -0.323 e. The average Bonchev–Trinajstić information content (AvgIpc) is 2.80. The number of likely N-dealkylation sites (tertiary alicyclic amines) is 1. The summed E-state index contributed by atoms with van der Waals surface area (Å²) in [5.41, 5.74) is 9.38. The van der Waals surface area contributed by atoms with Crippen molar-refractivity contribution in [2.75, 3.05) is 13.1 Å². The third-order valence-corrected chi connectivity index (χ3v) is 4.82. The smallest absolute Gasteiger partial charge is 0.0456 e. The van der Waals surface area contributed by atoms with E-state index in [-0.39, 0.29) is 6.04 Å². The fraction of sp³-hybridized carbons (Fsp3) is 0.625. The standard InChI is InChI=1S/C16H24N2/c1-11-7-8-18(10-11)15-9-12(2)13-5-3-4-6-14(13)16(15)17/h3-6,11-12,15-16H,7-10,17H2,1-2H3. The molecule has 1 aliphatic heterocycles. The molecule has 1 heterocycles. The molecule has 0 saturated carbocycles. The van der Waals surface area contributed by atoms with Gasteiger partial charge in [-0.3, -0.25) is 4.90 Å².